The number of thiophene rings is 1. The van der Waals surface area contributed by atoms with Crippen molar-refractivity contribution in [3.8, 4) is 33.5 Å². The maximum atomic E-state index is 5.54. The van der Waals surface area contributed by atoms with E-state index in [-0.39, 0.29) is 0 Å². The fourth-order valence-corrected chi connectivity index (χ4v) is 10.6. The van der Waals surface area contributed by atoms with E-state index in [1.165, 1.54) is 96.3 Å². The highest BCUT2D eigenvalue weighted by atomic mass is 32.1. The molecular formula is C55H32N2S. The van der Waals surface area contributed by atoms with Crippen molar-refractivity contribution in [1.82, 2.24) is 9.38 Å². The molecule has 0 radical (unpaired) electrons. The van der Waals surface area contributed by atoms with E-state index in [1.54, 1.807) is 0 Å². The Morgan fingerprint density at radius 3 is 1.69 bits per heavy atom. The van der Waals surface area contributed by atoms with Crippen molar-refractivity contribution in [2.75, 3.05) is 0 Å². The number of aromatic nitrogens is 2. The van der Waals surface area contributed by atoms with Gasteiger partial charge < -0.3 is 0 Å². The number of rotatable bonds is 3. The Kier molecular flexibility index (Phi) is 6.63. The molecule has 0 bridgehead atoms. The molecule has 3 aromatic heterocycles. The first kappa shape index (κ1) is 31.8. The highest BCUT2D eigenvalue weighted by Crippen LogP contribution is 2.44. The summed E-state index contributed by atoms with van der Waals surface area (Å²) >= 11 is 1.85. The van der Waals surface area contributed by atoms with Crippen LogP contribution in [0.2, 0.25) is 0 Å². The van der Waals surface area contributed by atoms with E-state index in [2.05, 4.69) is 199 Å². The molecule has 0 amide bonds. The lowest BCUT2D eigenvalue weighted by atomic mass is 9.96. The smallest absolute Gasteiger partial charge is 0.156 e. The van der Waals surface area contributed by atoms with Crippen molar-refractivity contribution in [2.45, 2.75) is 0 Å². The molecule has 2 nitrogen and oxygen atoms in total. The lowest BCUT2D eigenvalue weighted by molar-refractivity contribution is 1.25. The van der Waals surface area contributed by atoms with Crippen molar-refractivity contribution >= 4 is 102 Å². The van der Waals surface area contributed by atoms with Crippen molar-refractivity contribution in [2.24, 2.45) is 0 Å². The zero-order valence-electron chi connectivity index (χ0n) is 31.3. The fraction of sp³-hybridized carbons (Fsp3) is 0. The molecule has 0 fully saturated rings. The lowest BCUT2D eigenvalue weighted by Crippen LogP contribution is -1.93. The Morgan fingerprint density at radius 1 is 0.362 bits per heavy atom. The first-order valence-corrected chi connectivity index (χ1v) is 20.7. The van der Waals surface area contributed by atoms with Crippen LogP contribution in [-0.2, 0) is 0 Å². The first-order chi connectivity index (χ1) is 28.7. The summed E-state index contributed by atoms with van der Waals surface area (Å²) in [5.41, 5.74) is 10.3. The molecule has 13 rings (SSSR count). The van der Waals surface area contributed by atoms with Crippen LogP contribution in [-0.4, -0.2) is 9.38 Å². The van der Waals surface area contributed by atoms with Crippen LogP contribution in [0.5, 0.6) is 0 Å². The predicted molar refractivity (Wildman–Crippen MR) is 249 cm³/mol. The van der Waals surface area contributed by atoms with E-state index in [0.29, 0.717) is 0 Å². The molecule has 0 unspecified atom stereocenters. The summed E-state index contributed by atoms with van der Waals surface area (Å²) in [5.74, 6) is 0. The van der Waals surface area contributed by atoms with E-state index in [4.69, 9.17) is 4.98 Å². The molecule has 0 saturated heterocycles. The van der Waals surface area contributed by atoms with Gasteiger partial charge in [0, 0.05) is 20.9 Å². The number of nitrogens with zero attached hydrogens (tertiary/aromatic N) is 2. The van der Waals surface area contributed by atoms with E-state index in [9.17, 15) is 0 Å². The Hall–Kier alpha value is -7.33. The van der Waals surface area contributed by atoms with Gasteiger partial charge >= 0.3 is 0 Å². The largest absolute Gasteiger partial charge is 0.291 e. The second kappa shape index (κ2) is 12.1. The van der Waals surface area contributed by atoms with Crippen molar-refractivity contribution < 1.29 is 0 Å². The number of hydrogen-bond donors (Lipinski definition) is 0. The SMILES string of the molecule is c1ccc2cc3c(ccc4c3nc3c5sc6ccc7ccccc7c6c5cc(-c5ccc(-c6ccc(-c7ccc8c(ccc9ccccc98)c7)cc6)cc5)n43)cc2c1. The van der Waals surface area contributed by atoms with Gasteiger partial charge in [0.2, 0.25) is 0 Å². The zero-order chi connectivity index (χ0) is 37.9. The van der Waals surface area contributed by atoms with Crippen LogP contribution in [0, 0.1) is 0 Å². The second-order valence-corrected chi connectivity index (χ2v) is 16.6. The van der Waals surface area contributed by atoms with Gasteiger partial charge in [-0.1, -0.05) is 158 Å². The van der Waals surface area contributed by atoms with E-state index >= 15 is 0 Å². The zero-order valence-corrected chi connectivity index (χ0v) is 32.1. The molecule has 13 aromatic rings. The third-order valence-electron chi connectivity index (χ3n) is 12.3. The Labute approximate surface area is 337 Å². The van der Waals surface area contributed by atoms with Crippen LogP contribution in [0.1, 0.15) is 0 Å². The average Bonchev–Trinajstić information content (AvgIpc) is 3.88. The number of imidazole rings is 1. The molecule has 0 spiro atoms. The van der Waals surface area contributed by atoms with Crippen molar-refractivity contribution in [1.29, 1.82) is 0 Å². The molecule has 10 aromatic carbocycles. The monoisotopic (exact) mass is 752 g/mol. The summed E-state index contributed by atoms with van der Waals surface area (Å²) < 4.78 is 4.91. The lowest BCUT2D eigenvalue weighted by Gasteiger charge is -2.11. The molecule has 268 valence electrons. The van der Waals surface area contributed by atoms with Crippen LogP contribution in [0.15, 0.2) is 194 Å². The molecule has 0 atom stereocenters. The van der Waals surface area contributed by atoms with Crippen LogP contribution in [0.3, 0.4) is 0 Å². The molecule has 0 saturated carbocycles. The predicted octanol–water partition coefficient (Wildman–Crippen LogP) is 15.6. The third kappa shape index (κ3) is 4.68. The number of benzene rings is 10. The number of pyridine rings is 1. The molecule has 0 aliphatic carbocycles. The fourth-order valence-electron chi connectivity index (χ4n) is 9.44. The number of hydrogen-bond acceptors (Lipinski definition) is 2. The van der Waals surface area contributed by atoms with Gasteiger partial charge in [-0.25, -0.2) is 4.98 Å². The normalized spacial score (nSPS) is 12.1. The van der Waals surface area contributed by atoms with Gasteiger partial charge in [-0.2, -0.15) is 0 Å². The van der Waals surface area contributed by atoms with Gasteiger partial charge in [-0.3, -0.25) is 4.40 Å². The average molecular weight is 753 g/mol. The Morgan fingerprint density at radius 2 is 0.914 bits per heavy atom. The Bertz CT molecular complexity index is 3830. The summed E-state index contributed by atoms with van der Waals surface area (Å²) in [6.07, 6.45) is 0. The second-order valence-electron chi connectivity index (χ2n) is 15.5. The van der Waals surface area contributed by atoms with Crippen LogP contribution in [0.25, 0.3) is 124 Å². The van der Waals surface area contributed by atoms with Gasteiger partial charge in [0.1, 0.15) is 0 Å². The van der Waals surface area contributed by atoms with Crippen LogP contribution >= 0.6 is 11.3 Å². The summed E-state index contributed by atoms with van der Waals surface area (Å²) in [6.45, 7) is 0. The Balaban J connectivity index is 0.960. The summed E-state index contributed by atoms with van der Waals surface area (Å²) in [7, 11) is 0. The molecule has 0 N–H and O–H groups in total. The van der Waals surface area contributed by atoms with Gasteiger partial charge in [-0.05, 0) is 113 Å². The maximum Gasteiger partial charge on any atom is 0.156 e. The van der Waals surface area contributed by atoms with Crippen LogP contribution < -0.4 is 0 Å². The van der Waals surface area contributed by atoms with Crippen molar-refractivity contribution in [3.63, 3.8) is 0 Å². The standard InChI is InChI=1S/C55H32N2S/c1-2-10-40-31-47-43(29-39(40)9-1)24-27-49-53(47)56-55-54-48(52-46-12-6-4-8-37(46)25-28-51(52)58-54)32-50(57(49)55)38-20-17-34(18-21-38)33-13-15-35(16-14-33)41-23-26-45-42(30-41)22-19-36-7-3-5-11-44(36)45/h1-32H. The highest BCUT2D eigenvalue weighted by Gasteiger charge is 2.20. The first-order valence-electron chi connectivity index (χ1n) is 19.9. The van der Waals surface area contributed by atoms with Gasteiger partial charge in [0.15, 0.2) is 5.65 Å². The summed E-state index contributed by atoms with van der Waals surface area (Å²) in [6, 6.07) is 71.5. The van der Waals surface area contributed by atoms with E-state index in [1.807, 2.05) is 11.3 Å². The van der Waals surface area contributed by atoms with E-state index in [0.717, 1.165) is 27.9 Å². The minimum Gasteiger partial charge on any atom is -0.291 e. The van der Waals surface area contributed by atoms with Gasteiger partial charge in [0.05, 0.1) is 21.4 Å². The summed E-state index contributed by atoms with van der Waals surface area (Å²) in [5, 5.41) is 15.1. The van der Waals surface area contributed by atoms with Crippen LogP contribution in [0.4, 0.5) is 0 Å². The minimum absolute atomic E-state index is 1.01. The topological polar surface area (TPSA) is 17.3 Å². The highest BCUT2D eigenvalue weighted by molar-refractivity contribution is 7.26. The quantitative estimate of drug-likeness (QED) is 0.130. The molecule has 0 aliphatic heterocycles. The minimum atomic E-state index is 1.01. The summed E-state index contributed by atoms with van der Waals surface area (Å²) in [4.78, 5) is 5.54. The maximum absolute atomic E-state index is 5.54. The van der Waals surface area contributed by atoms with Gasteiger partial charge in [-0.15, -0.1) is 11.3 Å². The van der Waals surface area contributed by atoms with Gasteiger partial charge in [0.25, 0.3) is 0 Å². The van der Waals surface area contributed by atoms with Crippen molar-refractivity contribution in [3.05, 3.63) is 194 Å². The molecule has 3 heterocycles. The third-order valence-corrected chi connectivity index (χ3v) is 13.5. The molecule has 3 heteroatoms. The molecule has 58 heavy (non-hydrogen) atoms. The van der Waals surface area contributed by atoms with E-state index < -0.39 is 0 Å². The number of fused-ring (bicyclic) bond motifs is 15. The molecule has 0 aliphatic rings. The molecular weight excluding hydrogens is 721 g/mol.